The molecule has 1 aromatic heterocycles. The minimum atomic E-state index is -0.0294. The van der Waals surface area contributed by atoms with E-state index in [1.807, 2.05) is 71.6 Å². The molecule has 2 heterocycles. The molecule has 0 bridgehead atoms. The van der Waals surface area contributed by atoms with Gasteiger partial charge < -0.3 is 14.4 Å². The van der Waals surface area contributed by atoms with E-state index >= 15 is 0 Å². The van der Waals surface area contributed by atoms with E-state index in [4.69, 9.17) is 9.47 Å². The zero-order valence-corrected chi connectivity index (χ0v) is 17.7. The van der Waals surface area contributed by atoms with Crippen molar-refractivity contribution in [2.75, 3.05) is 19.4 Å². The maximum atomic E-state index is 12.5. The van der Waals surface area contributed by atoms with Crippen molar-refractivity contribution in [3.05, 3.63) is 89.7 Å². The SMILES string of the molecule is COc1cc(C2SCC(=O)N2CCc2ccccn2)ccc1OCc1ccccc1. The first-order valence-electron chi connectivity index (χ1n) is 9.90. The van der Waals surface area contributed by atoms with Crippen LogP contribution in [-0.2, 0) is 17.8 Å². The quantitative estimate of drug-likeness (QED) is 0.538. The number of carbonyl (C=O) groups excluding carboxylic acids is 1. The van der Waals surface area contributed by atoms with Crippen LogP contribution in [0.15, 0.2) is 72.9 Å². The fourth-order valence-electron chi connectivity index (χ4n) is 3.45. The van der Waals surface area contributed by atoms with Crippen LogP contribution in [0, 0.1) is 0 Å². The highest BCUT2D eigenvalue weighted by Gasteiger charge is 2.33. The van der Waals surface area contributed by atoms with E-state index in [-0.39, 0.29) is 11.3 Å². The Bertz CT molecular complexity index is 982. The van der Waals surface area contributed by atoms with E-state index in [0.29, 0.717) is 30.4 Å². The van der Waals surface area contributed by atoms with Gasteiger partial charge in [-0.2, -0.15) is 0 Å². The van der Waals surface area contributed by atoms with Gasteiger partial charge in [0, 0.05) is 24.9 Å². The lowest BCUT2D eigenvalue weighted by Gasteiger charge is -2.25. The summed E-state index contributed by atoms with van der Waals surface area (Å²) in [4.78, 5) is 18.8. The summed E-state index contributed by atoms with van der Waals surface area (Å²) < 4.78 is 11.5. The van der Waals surface area contributed by atoms with Crippen molar-refractivity contribution >= 4 is 17.7 Å². The molecule has 1 fully saturated rings. The van der Waals surface area contributed by atoms with E-state index in [9.17, 15) is 4.79 Å². The van der Waals surface area contributed by atoms with E-state index in [2.05, 4.69) is 4.98 Å². The van der Waals surface area contributed by atoms with Crippen LogP contribution >= 0.6 is 11.8 Å². The van der Waals surface area contributed by atoms with E-state index < -0.39 is 0 Å². The highest BCUT2D eigenvalue weighted by Crippen LogP contribution is 2.41. The van der Waals surface area contributed by atoms with Gasteiger partial charge in [-0.05, 0) is 35.4 Å². The standard InChI is InChI=1S/C24H24N2O3S/c1-28-22-15-19(10-11-21(22)29-16-18-7-3-2-4-8-18)24-26(23(27)17-30-24)14-12-20-9-5-6-13-25-20/h2-11,13,15,24H,12,14,16-17H2,1H3. The second-order valence-corrected chi connectivity index (χ2v) is 8.07. The van der Waals surface area contributed by atoms with Gasteiger partial charge >= 0.3 is 0 Å². The number of hydrogen-bond acceptors (Lipinski definition) is 5. The summed E-state index contributed by atoms with van der Waals surface area (Å²) in [6, 6.07) is 21.8. The van der Waals surface area contributed by atoms with Crippen LogP contribution in [-0.4, -0.2) is 35.2 Å². The Kier molecular flexibility index (Phi) is 6.54. The number of amides is 1. The number of pyridine rings is 1. The summed E-state index contributed by atoms with van der Waals surface area (Å²) in [6.45, 7) is 1.12. The van der Waals surface area contributed by atoms with E-state index in [1.165, 1.54) is 0 Å². The first-order valence-corrected chi connectivity index (χ1v) is 10.9. The van der Waals surface area contributed by atoms with Gasteiger partial charge in [-0.15, -0.1) is 11.8 Å². The molecule has 2 aromatic carbocycles. The van der Waals surface area contributed by atoms with Gasteiger partial charge in [-0.25, -0.2) is 0 Å². The zero-order chi connectivity index (χ0) is 20.8. The molecule has 1 amide bonds. The van der Waals surface area contributed by atoms with Crippen LogP contribution in [0.5, 0.6) is 11.5 Å². The average Bonchev–Trinajstić information content (AvgIpc) is 3.17. The summed E-state index contributed by atoms with van der Waals surface area (Å²) in [7, 11) is 1.64. The Morgan fingerprint density at radius 2 is 1.90 bits per heavy atom. The molecule has 1 aliphatic heterocycles. The predicted molar refractivity (Wildman–Crippen MR) is 119 cm³/mol. The van der Waals surface area contributed by atoms with Gasteiger partial charge in [0.25, 0.3) is 0 Å². The first-order chi connectivity index (χ1) is 14.7. The topological polar surface area (TPSA) is 51.7 Å². The molecule has 0 spiro atoms. The zero-order valence-electron chi connectivity index (χ0n) is 16.9. The summed E-state index contributed by atoms with van der Waals surface area (Å²) in [5.41, 5.74) is 3.13. The highest BCUT2D eigenvalue weighted by molar-refractivity contribution is 8.00. The Hall–Kier alpha value is -2.99. The number of thioether (sulfide) groups is 1. The second kappa shape index (κ2) is 9.67. The van der Waals surface area contributed by atoms with Gasteiger partial charge in [-0.3, -0.25) is 9.78 Å². The number of hydrogen-bond donors (Lipinski definition) is 0. The molecule has 30 heavy (non-hydrogen) atoms. The molecule has 0 radical (unpaired) electrons. The van der Waals surface area contributed by atoms with Crippen LogP contribution < -0.4 is 9.47 Å². The molecule has 1 aliphatic rings. The molecular formula is C24H24N2O3S. The van der Waals surface area contributed by atoms with E-state index in [1.54, 1.807) is 25.1 Å². The number of ether oxygens (including phenoxy) is 2. The van der Waals surface area contributed by atoms with Crippen molar-refractivity contribution in [2.24, 2.45) is 0 Å². The Balaban J connectivity index is 1.47. The van der Waals surface area contributed by atoms with Gasteiger partial charge in [-0.1, -0.05) is 42.5 Å². The normalized spacial score (nSPS) is 16.0. The van der Waals surface area contributed by atoms with Crippen molar-refractivity contribution in [1.29, 1.82) is 0 Å². The number of carbonyl (C=O) groups is 1. The molecule has 0 saturated carbocycles. The summed E-state index contributed by atoms with van der Waals surface area (Å²) >= 11 is 1.64. The lowest BCUT2D eigenvalue weighted by molar-refractivity contribution is -0.128. The molecule has 1 saturated heterocycles. The van der Waals surface area contributed by atoms with Gasteiger partial charge in [0.05, 0.1) is 12.9 Å². The van der Waals surface area contributed by atoms with Gasteiger partial charge in [0.1, 0.15) is 12.0 Å². The molecular weight excluding hydrogens is 396 g/mol. The summed E-state index contributed by atoms with van der Waals surface area (Å²) in [6.07, 6.45) is 2.52. The molecule has 0 N–H and O–H groups in total. The van der Waals surface area contributed by atoms with Gasteiger partial charge in [0.15, 0.2) is 11.5 Å². The van der Waals surface area contributed by atoms with Crippen LogP contribution in [0.25, 0.3) is 0 Å². The predicted octanol–water partition coefficient (Wildman–Crippen LogP) is 4.49. The fraction of sp³-hybridized carbons (Fsp3) is 0.250. The minimum Gasteiger partial charge on any atom is -0.493 e. The fourth-order valence-corrected chi connectivity index (χ4v) is 4.65. The summed E-state index contributed by atoms with van der Waals surface area (Å²) in [5, 5.41) is -0.0294. The minimum absolute atomic E-state index is 0.0294. The van der Waals surface area contributed by atoms with Crippen molar-refractivity contribution in [1.82, 2.24) is 9.88 Å². The second-order valence-electron chi connectivity index (χ2n) is 7.01. The van der Waals surface area contributed by atoms with Crippen LogP contribution in [0.2, 0.25) is 0 Å². The summed E-state index contributed by atoms with van der Waals surface area (Å²) in [5.74, 6) is 2.01. The van der Waals surface area contributed by atoms with Crippen LogP contribution in [0.3, 0.4) is 0 Å². The molecule has 3 aromatic rings. The molecule has 5 nitrogen and oxygen atoms in total. The lowest BCUT2D eigenvalue weighted by atomic mass is 10.1. The molecule has 6 heteroatoms. The number of nitrogens with zero attached hydrogens (tertiary/aromatic N) is 2. The third kappa shape index (κ3) is 4.76. The van der Waals surface area contributed by atoms with Crippen LogP contribution in [0.4, 0.5) is 0 Å². The molecule has 4 rings (SSSR count). The monoisotopic (exact) mass is 420 g/mol. The van der Waals surface area contributed by atoms with Crippen molar-refractivity contribution in [3.63, 3.8) is 0 Å². The Morgan fingerprint density at radius 3 is 2.67 bits per heavy atom. The van der Waals surface area contributed by atoms with Gasteiger partial charge in [0.2, 0.25) is 5.91 Å². The molecule has 1 unspecified atom stereocenters. The molecule has 154 valence electrons. The van der Waals surface area contributed by atoms with Crippen molar-refractivity contribution in [3.8, 4) is 11.5 Å². The smallest absolute Gasteiger partial charge is 0.233 e. The van der Waals surface area contributed by atoms with Crippen molar-refractivity contribution < 1.29 is 14.3 Å². The van der Waals surface area contributed by atoms with Crippen molar-refractivity contribution in [2.45, 2.75) is 18.4 Å². The lowest BCUT2D eigenvalue weighted by Crippen LogP contribution is -2.30. The number of methoxy groups -OCH3 is 1. The maximum Gasteiger partial charge on any atom is 0.233 e. The molecule has 0 aliphatic carbocycles. The largest absolute Gasteiger partial charge is 0.493 e. The van der Waals surface area contributed by atoms with Crippen LogP contribution in [0.1, 0.15) is 22.2 Å². The number of rotatable bonds is 8. The Labute approximate surface area is 181 Å². The molecule has 1 atom stereocenters. The average molecular weight is 421 g/mol. The maximum absolute atomic E-state index is 12.5. The first kappa shape index (κ1) is 20.3. The van der Waals surface area contributed by atoms with E-state index in [0.717, 1.165) is 23.2 Å². The highest BCUT2D eigenvalue weighted by atomic mass is 32.2. The number of benzene rings is 2. The third-order valence-electron chi connectivity index (χ3n) is 5.01. The Morgan fingerprint density at radius 1 is 1.07 bits per heavy atom. The third-order valence-corrected chi connectivity index (χ3v) is 6.27. The number of aromatic nitrogens is 1.